The van der Waals surface area contributed by atoms with Gasteiger partial charge in [-0.05, 0) is 83.6 Å². The Bertz CT molecular complexity index is 3370. The molecule has 11 atom stereocenters. The summed E-state index contributed by atoms with van der Waals surface area (Å²) < 4.78 is 45.2. The number of ketones is 1. The maximum atomic E-state index is 16.5. The second-order valence-electron chi connectivity index (χ2n) is 22.6. The van der Waals surface area contributed by atoms with Gasteiger partial charge in [0.15, 0.2) is 23.6 Å². The first-order valence-electron chi connectivity index (χ1n) is 27.7. The zero-order valence-electron chi connectivity index (χ0n) is 47.2. The van der Waals surface area contributed by atoms with E-state index in [1.165, 1.54) is 26.0 Å². The molecule has 1 amide bonds. The van der Waals surface area contributed by atoms with Gasteiger partial charge in [0.1, 0.15) is 35.3 Å². The Hall–Kier alpha value is -8.28. The summed E-state index contributed by atoms with van der Waals surface area (Å²) in [5.41, 5.74) is -7.16. The van der Waals surface area contributed by atoms with Gasteiger partial charge in [-0.1, -0.05) is 153 Å². The number of methoxy groups -OCH3 is 1. The third-order valence-electron chi connectivity index (χ3n) is 17.6. The van der Waals surface area contributed by atoms with Crippen molar-refractivity contribution in [1.82, 2.24) is 5.32 Å². The molecule has 4 aliphatic rings. The monoisotopic (exact) mass is 1130 g/mol. The second-order valence-corrected chi connectivity index (χ2v) is 22.6. The van der Waals surface area contributed by atoms with Crippen molar-refractivity contribution in [3.8, 4) is 5.75 Å². The topological polar surface area (TPSA) is 220 Å². The van der Waals surface area contributed by atoms with Crippen LogP contribution in [-0.4, -0.2) is 107 Å². The number of rotatable bonds is 16. The fourth-order valence-electron chi connectivity index (χ4n) is 13.4. The number of hydrogen-bond acceptors (Lipinski definition) is 15. The molecular formula is C67H67NO15. The SMILES string of the molecule is COc1ccc(C(O[C@@H](C(=O)O[C@H]2C[C@@]3(O)[C@@H](OC(=O)c4ccccc4)C4[C@](C)(C(=O)[C@H](OC(C)=O)C(=C2C)C3(C)C)[C@@H](O)C[C@H]2OC[C@@]42OC(C)=O)[C@@H](NC(=O)c2ccccc2)c2ccccc2)(c2ccccc2)c2ccccc2)cc1. The lowest BCUT2D eigenvalue weighted by atomic mass is 9.44. The van der Waals surface area contributed by atoms with E-state index in [0.29, 0.717) is 28.0 Å². The van der Waals surface area contributed by atoms with Gasteiger partial charge < -0.3 is 48.7 Å². The fourth-order valence-corrected chi connectivity index (χ4v) is 13.4. The number of aliphatic hydroxyl groups excluding tert-OH is 1. The molecule has 1 unspecified atom stereocenters. The van der Waals surface area contributed by atoms with E-state index in [1.54, 1.807) is 119 Å². The number of fused-ring (bicyclic) bond motifs is 5. The number of hydrogen-bond donors (Lipinski definition) is 3. The Kier molecular flexibility index (Phi) is 15.9. The van der Waals surface area contributed by atoms with Gasteiger partial charge in [0.25, 0.3) is 5.91 Å². The van der Waals surface area contributed by atoms with Crippen LogP contribution in [0.1, 0.15) is 103 Å². The number of carbonyl (C=O) groups is 6. The highest BCUT2D eigenvalue weighted by Crippen LogP contribution is 2.64. The van der Waals surface area contributed by atoms with Gasteiger partial charge in [-0.2, -0.15) is 0 Å². The van der Waals surface area contributed by atoms with E-state index in [2.05, 4.69) is 5.32 Å². The van der Waals surface area contributed by atoms with Crippen LogP contribution in [0.5, 0.6) is 5.75 Å². The highest BCUT2D eigenvalue weighted by molar-refractivity contribution is 5.96. The first-order chi connectivity index (χ1) is 39.7. The van der Waals surface area contributed by atoms with Crippen molar-refractivity contribution in [1.29, 1.82) is 0 Å². The molecule has 83 heavy (non-hydrogen) atoms. The van der Waals surface area contributed by atoms with Gasteiger partial charge in [-0.3, -0.25) is 19.2 Å². The van der Waals surface area contributed by atoms with Crippen LogP contribution in [-0.2, 0) is 53.2 Å². The number of ether oxygens (including phenoxy) is 7. The predicted molar refractivity (Wildman–Crippen MR) is 302 cm³/mol. The zero-order chi connectivity index (χ0) is 59.1. The van der Waals surface area contributed by atoms with Crippen molar-refractivity contribution in [2.24, 2.45) is 16.7 Å². The molecule has 0 aromatic heterocycles. The van der Waals surface area contributed by atoms with Gasteiger partial charge in [-0.15, -0.1) is 0 Å². The fraction of sp³-hybridized carbons (Fsp3) is 0.343. The molecule has 2 saturated carbocycles. The van der Waals surface area contributed by atoms with Gasteiger partial charge in [-0.25, -0.2) is 9.59 Å². The molecule has 0 radical (unpaired) electrons. The molecule has 3 N–H and O–H groups in total. The molecule has 430 valence electrons. The molecule has 1 saturated heterocycles. The molecule has 16 nitrogen and oxygen atoms in total. The standard InChI is InChI=1S/C67H67NO15/c1-40-50(38-66(76)59(81-61(74)45-27-17-10-18-28-45)57-64(6,51(71)37-52-65(57,39-78-52)82-42(3)70)58(72)55(79-41(2)69)53(40)63(66,4)5)80-62(75)56(54(43-23-13-8-14-24-43)68-60(73)44-25-15-9-16-26-44)83-67(46-29-19-11-20-30-46,47-31-21-12-22-32-47)48-33-35-49(77-7)36-34-48/h8-36,50-52,54-57,59,71,76H,37-39H2,1-7H3,(H,68,73)/t50-,51-,52+,54-,55+,56+,57?,59-,64+,65-,66+/m0/s1. The van der Waals surface area contributed by atoms with Crippen LogP contribution in [0.3, 0.4) is 0 Å². The Morgan fingerprint density at radius 1 is 0.687 bits per heavy atom. The van der Waals surface area contributed by atoms with Crippen LogP contribution in [0.15, 0.2) is 187 Å². The molecule has 6 aromatic carbocycles. The number of esters is 4. The summed E-state index contributed by atoms with van der Waals surface area (Å²) in [6.07, 6.45) is -10.6. The maximum absolute atomic E-state index is 16.5. The molecule has 1 heterocycles. The third kappa shape index (κ3) is 10.1. The number of carbonyl (C=O) groups excluding carboxylic acids is 6. The van der Waals surface area contributed by atoms with Crippen molar-refractivity contribution in [3.63, 3.8) is 0 Å². The van der Waals surface area contributed by atoms with Gasteiger partial charge in [0.2, 0.25) is 0 Å². The van der Waals surface area contributed by atoms with Crippen molar-refractivity contribution >= 4 is 35.6 Å². The van der Waals surface area contributed by atoms with Crippen molar-refractivity contribution in [2.45, 2.75) is 114 Å². The highest BCUT2D eigenvalue weighted by Gasteiger charge is 2.78. The Labute approximate surface area is 481 Å². The van der Waals surface area contributed by atoms with E-state index >= 15 is 9.59 Å². The molecule has 16 heteroatoms. The minimum atomic E-state index is -2.47. The molecule has 2 bridgehead atoms. The van der Waals surface area contributed by atoms with Gasteiger partial charge in [0, 0.05) is 37.7 Å². The average Bonchev–Trinajstić information content (AvgIpc) is 0.816. The summed E-state index contributed by atoms with van der Waals surface area (Å²) in [4.78, 5) is 89.0. The largest absolute Gasteiger partial charge is 0.497 e. The van der Waals surface area contributed by atoms with Crippen molar-refractivity contribution < 1.29 is 72.1 Å². The number of nitrogens with one attached hydrogen (secondary N) is 1. The quantitative estimate of drug-likeness (QED) is 0.0357. The van der Waals surface area contributed by atoms with Crippen LogP contribution in [0.25, 0.3) is 0 Å². The smallest absolute Gasteiger partial charge is 0.338 e. The molecule has 3 aliphatic carbocycles. The van der Waals surface area contributed by atoms with Crippen molar-refractivity contribution in [3.05, 3.63) is 220 Å². The summed E-state index contributed by atoms with van der Waals surface area (Å²) in [5.74, 6) is -6.17. The summed E-state index contributed by atoms with van der Waals surface area (Å²) in [5, 5.41) is 29.9. The molecule has 10 rings (SSSR count). The Morgan fingerprint density at radius 3 is 1.73 bits per heavy atom. The number of Topliss-reactive ketones (excluding diaryl/α,β-unsaturated/α-hetero) is 1. The Morgan fingerprint density at radius 2 is 1.22 bits per heavy atom. The zero-order valence-corrected chi connectivity index (χ0v) is 47.2. The minimum Gasteiger partial charge on any atom is -0.497 e. The van der Waals surface area contributed by atoms with Crippen LogP contribution in [0.2, 0.25) is 0 Å². The van der Waals surface area contributed by atoms with E-state index in [4.69, 9.17) is 33.2 Å². The van der Waals surface area contributed by atoms with E-state index in [-0.39, 0.29) is 35.3 Å². The normalized spacial score (nSPS) is 26.8. The van der Waals surface area contributed by atoms with E-state index in [0.717, 1.165) is 6.92 Å². The van der Waals surface area contributed by atoms with Gasteiger partial charge in [0.05, 0.1) is 42.8 Å². The van der Waals surface area contributed by atoms with Crippen LogP contribution in [0.4, 0.5) is 0 Å². The highest BCUT2D eigenvalue weighted by atomic mass is 16.6. The molecule has 0 spiro atoms. The average molecular weight is 1130 g/mol. The summed E-state index contributed by atoms with van der Waals surface area (Å²) >= 11 is 0. The maximum Gasteiger partial charge on any atom is 0.338 e. The first-order valence-corrected chi connectivity index (χ1v) is 27.7. The third-order valence-corrected chi connectivity index (χ3v) is 17.6. The van der Waals surface area contributed by atoms with E-state index in [1.807, 2.05) is 72.8 Å². The van der Waals surface area contributed by atoms with E-state index in [9.17, 15) is 29.4 Å². The predicted octanol–water partition coefficient (Wildman–Crippen LogP) is 8.76. The molecule has 1 aliphatic heterocycles. The van der Waals surface area contributed by atoms with E-state index < -0.39 is 118 Å². The van der Waals surface area contributed by atoms with Crippen molar-refractivity contribution in [2.75, 3.05) is 13.7 Å². The summed E-state index contributed by atoms with van der Waals surface area (Å²) in [7, 11) is 1.55. The summed E-state index contributed by atoms with van der Waals surface area (Å²) in [6, 6.07) is 49.5. The lowest BCUT2D eigenvalue weighted by Gasteiger charge is -2.67. The van der Waals surface area contributed by atoms with Crippen LogP contribution < -0.4 is 10.1 Å². The number of amides is 1. The molecule has 3 fully saturated rings. The first kappa shape index (κ1) is 57.9. The molecule has 6 aromatic rings. The molecular weight excluding hydrogens is 1060 g/mol. The summed E-state index contributed by atoms with van der Waals surface area (Å²) in [6.45, 7) is 8.18. The second kappa shape index (κ2) is 22.8. The number of aliphatic hydroxyl groups is 2. The Balaban J connectivity index is 1.21. The van der Waals surface area contributed by atoms with Crippen LogP contribution >= 0.6 is 0 Å². The van der Waals surface area contributed by atoms with Gasteiger partial charge >= 0.3 is 23.9 Å². The minimum absolute atomic E-state index is 0.000938. The van der Waals surface area contributed by atoms with Crippen LogP contribution in [0, 0.1) is 16.7 Å². The lowest BCUT2D eigenvalue weighted by molar-refractivity contribution is -0.346. The number of benzene rings is 6. The lowest BCUT2D eigenvalue weighted by Crippen LogP contribution is -2.82.